The molecule has 0 saturated carbocycles. The quantitative estimate of drug-likeness (QED) is 0.749. The molecule has 148 valence electrons. The van der Waals surface area contributed by atoms with Crippen LogP contribution in [0.5, 0.6) is 0 Å². The summed E-state index contributed by atoms with van der Waals surface area (Å²) >= 11 is 0. The molecule has 3 rings (SSSR count). The molecular weight excluding hydrogens is 360 g/mol. The van der Waals surface area contributed by atoms with Crippen LogP contribution in [0.4, 0.5) is 11.4 Å². The van der Waals surface area contributed by atoms with E-state index in [0.717, 1.165) is 25.1 Å². The second-order valence-corrected chi connectivity index (χ2v) is 7.67. The Balaban J connectivity index is 1.64. The summed E-state index contributed by atoms with van der Waals surface area (Å²) in [6, 6.07) is 6.90. The van der Waals surface area contributed by atoms with Crippen LogP contribution < -0.4 is 15.5 Å². The number of rotatable bonds is 5. The summed E-state index contributed by atoms with van der Waals surface area (Å²) in [5, 5.41) is 14.7. The van der Waals surface area contributed by atoms with Crippen molar-refractivity contribution in [3.63, 3.8) is 0 Å². The predicted octanol–water partition coefficient (Wildman–Crippen LogP) is 1.82. The van der Waals surface area contributed by atoms with Crippen LogP contribution in [-0.2, 0) is 14.3 Å². The van der Waals surface area contributed by atoms with Crippen molar-refractivity contribution in [2.75, 3.05) is 23.4 Å². The summed E-state index contributed by atoms with van der Waals surface area (Å²) in [6.45, 7) is 5.59. The van der Waals surface area contributed by atoms with Gasteiger partial charge in [-0.2, -0.15) is 5.26 Å². The average Bonchev–Trinajstić information content (AvgIpc) is 3.16. The molecule has 0 radical (unpaired) electrons. The third-order valence-corrected chi connectivity index (χ3v) is 5.48. The van der Waals surface area contributed by atoms with E-state index in [1.54, 1.807) is 25.1 Å². The zero-order valence-electron chi connectivity index (χ0n) is 16.2. The summed E-state index contributed by atoms with van der Waals surface area (Å²) in [5.74, 6) is -1.38. The molecule has 0 aromatic heterocycles. The van der Waals surface area contributed by atoms with Gasteiger partial charge in [0.2, 0.25) is 5.91 Å². The fourth-order valence-electron chi connectivity index (χ4n) is 3.40. The summed E-state index contributed by atoms with van der Waals surface area (Å²) < 4.78 is 5.08. The van der Waals surface area contributed by atoms with Crippen LogP contribution in [-0.4, -0.2) is 42.5 Å². The summed E-state index contributed by atoms with van der Waals surface area (Å²) in [6.07, 6.45) is 1.77. The number of hydrogen-bond acceptors (Lipinski definition) is 6. The van der Waals surface area contributed by atoms with E-state index >= 15 is 0 Å². The summed E-state index contributed by atoms with van der Waals surface area (Å²) in [4.78, 5) is 38.6. The molecule has 0 unspecified atom stereocenters. The SMILES string of the molecule is CC(C)[C@@](C)(C#N)NC(=O)COC(=O)c1ccc2c(c1)NC(=O)[C@H]1CCCN21. The van der Waals surface area contributed by atoms with Gasteiger partial charge in [0.05, 0.1) is 23.0 Å². The number of nitrogens with zero attached hydrogens (tertiary/aromatic N) is 2. The maximum atomic E-state index is 12.3. The number of carbonyl (C=O) groups is 3. The van der Waals surface area contributed by atoms with E-state index in [9.17, 15) is 19.6 Å². The van der Waals surface area contributed by atoms with Crippen LogP contribution in [0.3, 0.4) is 0 Å². The van der Waals surface area contributed by atoms with Gasteiger partial charge in [-0.05, 0) is 43.9 Å². The maximum absolute atomic E-state index is 12.3. The fraction of sp³-hybridized carbons (Fsp3) is 0.500. The predicted molar refractivity (Wildman–Crippen MR) is 103 cm³/mol. The number of amides is 2. The monoisotopic (exact) mass is 384 g/mol. The van der Waals surface area contributed by atoms with Crippen LogP contribution in [0.15, 0.2) is 18.2 Å². The highest BCUT2D eigenvalue weighted by atomic mass is 16.5. The molecule has 0 bridgehead atoms. The molecule has 1 aromatic rings. The van der Waals surface area contributed by atoms with E-state index in [4.69, 9.17) is 4.74 Å². The Kier molecular flexibility index (Phi) is 5.27. The molecule has 0 aliphatic carbocycles. The topological polar surface area (TPSA) is 112 Å². The van der Waals surface area contributed by atoms with Crippen LogP contribution >= 0.6 is 0 Å². The van der Waals surface area contributed by atoms with Gasteiger partial charge < -0.3 is 20.3 Å². The number of benzene rings is 1. The average molecular weight is 384 g/mol. The van der Waals surface area contributed by atoms with Gasteiger partial charge in [-0.3, -0.25) is 9.59 Å². The number of ether oxygens (including phenoxy) is 1. The van der Waals surface area contributed by atoms with E-state index in [0.29, 0.717) is 5.69 Å². The first-order valence-corrected chi connectivity index (χ1v) is 9.36. The lowest BCUT2D eigenvalue weighted by molar-refractivity contribution is -0.125. The Morgan fingerprint density at radius 2 is 2.21 bits per heavy atom. The number of esters is 1. The first kappa shape index (κ1) is 19.7. The molecule has 0 spiro atoms. The molecule has 2 N–H and O–H groups in total. The van der Waals surface area contributed by atoms with Crippen LogP contribution in [0.1, 0.15) is 44.0 Å². The van der Waals surface area contributed by atoms with Gasteiger partial charge in [0.15, 0.2) is 6.61 Å². The van der Waals surface area contributed by atoms with E-state index < -0.39 is 24.0 Å². The van der Waals surface area contributed by atoms with E-state index in [2.05, 4.69) is 16.7 Å². The Morgan fingerprint density at radius 3 is 2.89 bits per heavy atom. The summed E-state index contributed by atoms with van der Waals surface area (Å²) in [7, 11) is 0. The Bertz CT molecular complexity index is 860. The Hall–Kier alpha value is -3.08. The van der Waals surface area contributed by atoms with Crippen molar-refractivity contribution < 1.29 is 19.1 Å². The van der Waals surface area contributed by atoms with Crippen molar-refractivity contribution >= 4 is 29.2 Å². The van der Waals surface area contributed by atoms with Crippen LogP contribution in [0, 0.1) is 17.2 Å². The lowest BCUT2D eigenvalue weighted by Gasteiger charge is -2.33. The molecule has 2 aliphatic rings. The number of nitrogens with one attached hydrogen (secondary N) is 2. The minimum Gasteiger partial charge on any atom is -0.452 e. The van der Waals surface area contributed by atoms with Gasteiger partial charge >= 0.3 is 5.97 Å². The standard InChI is InChI=1S/C20H24N4O4/c1-12(2)20(3,11-21)23-17(25)10-28-19(27)13-6-7-15-14(9-13)22-18(26)16-5-4-8-24(15)16/h6-7,9,12,16H,4-5,8,10H2,1-3H3,(H,22,26)(H,23,25)/t16-,20-/m1/s1. The highest BCUT2D eigenvalue weighted by Crippen LogP contribution is 2.37. The molecular formula is C20H24N4O4. The zero-order chi connectivity index (χ0) is 20.5. The lowest BCUT2D eigenvalue weighted by atomic mass is 9.90. The number of carbonyl (C=O) groups excluding carboxylic acids is 3. The third kappa shape index (κ3) is 3.65. The minimum absolute atomic E-state index is 0.0700. The van der Waals surface area contributed by atoms with Crippen molar-refractivity contribution in [2.45, 2.75) is 45.2 Å². The fourth-order valence-corrected chi connectivity index (χ4v) is 3.40. The van der Waals surface area contributed by atoms with E-state index in [1.165, 1.54) is 0 Å². The van der Waals surface area contributed by atoms with Crippen molar-refractivity contribution in [2.24, 2.45) is 5.92 Å². The van der Waals surface area contributed by atoms with Crippen molar-refractivity contribution in [1.29, 1.82) is 5.26 Å². The molecule has 8 nitrogen and oxygen atoms in total. The Morgan fingerprint density at radius 1 is 1.46 bits per heavy atom. The largest absolute Gasteiger partial charge is 0.452 e. The molecule has 8 heteroatoms. The van der Waals surface area contributed by atoms with Gasteiger partial charge in [0.25, 0.3) is 5.91 Å². The second kappa shape index (κ2) is 7.50. The van der Waals surface area contributed by atoms with Gasteiger partial charge in [0.1, 0.15) is 11.6 Å². The maximum Gasteiger partial charge on any atom is 0.338 e. The lowest BCUT2D eigenvalue weighted by Crippen LogP contribution is -2.50. The smallest absolute Gasteiger partial charge is 0.338 e. The Labute approximate surface area is 163 Å². The number of anilines is 2. The van der Waals surface area contributed by atoms with Crippen molar-refractivity contribution in [1.82, 2.24) is 5.32 Å². The molecule has 2 amide bonds. The molecule has 1 fully saturated rings. The van der Waals surface area contributed by atoms with Crippen LogP contribution in [0.25, 0.3) is 0 Å². The van der Waals surface area contributed by atoms with Gasteiger partial charge in [-0.15, -0.1) is 0 Å². The first-order valence-electron chi connectivity index (χ1n) is 9.36. The second-order valence-electron chi connectivity index (χ2n) is 7.67. The molecule has 1 saturated heterocycles. The number of nitriles is 1. The van der Waals surface area contributed by atoms with E-state index in [-0.39, 0.29) is 23.4 Å². The van der Waals surface area contributed by atoms with Crippen molar-refractivity contribution in [3.8, 4) is 6.07 Å². The normalized spacial score (nSPS) is 19.8. The molecule has 2 heterocycles. The molecule has 2 aliphatic heterocycles. The van der Waals surface area contributed by atoms with Crippen molar-refractivity contribution in [3.05, 3.63) is 23.8 Å². The highest BCUT2D eigenvalue weighted by molar-refractivity contribution is 6.05. The molecule has 28 heavy (non-hydrogen) atoms. The minimum atomic E-state index is -1.04. The summed E-state index contributed by atoms with van der Waals surface area (Å²) in [5.41, 5.74) is 0.666. The zero-order valence-corrected chi connectivity index (χ0v) is 16.2. The number of fused-ring (bicyclic) bond motifs is 3. The molecule has 2 atom stereocenters. The first-order chi connectivity index (χ1) is 13.2. The van der Waals surface area contributed by atoms with Crippen LogP contribution in [0.2, 0.25) is 0 Å². The van der Waals surface area contributed by atoms with Gasteiger partial charge in [-0.25, -0.2) is 4.79 Å². The third-order valence-electron chi connectivity index (χ3n) is 5.48. The van der Waals surface area contributed by atoms with Gasteiger partial charge in [-0.1, -0.05) is 13.8 Å². The molecule has 1 aromatic carbocycles. The van der Waals surface area contributed by atoms with Gasteiger partial charge in [0, 0.05) is 6.54 Å². The number of hydrogen-bond donors (Lipinski definition) is 2. The van der Waals surface area contributed by atoms with E-state index in [1.807, 2.05) is 18.7 Å². The highest BCUT2D eigenvalue weighted by Gasteiger charge is 2.36.